The van der Waals surface area contributed by atoms with E-state index >= 15 is 0 Å². The molecule has 1 unspecified atom stereocenters. The molecule has 1 saturated heterocycles. The summed E-state index contributed by atoms with van der Waals surface area (Å²) >= 11 is 1.37. The molecular formula is C23H18FNO4S. The summed E-state index contributed by atoms with van der Waals surface area (Å²) in [5, 5.41) is 12.8. The zero-order valence-corrected chi connectivity index (χ0v) is 16.9. The van der Waals surface area contributed by atoms with Gasteiger partial charge in [-0.05, 0) is 66.9 Å². The van der Waals surface area contributed by atoms with E-state index in [1.165, 1.54) is 40.5 Å². The van der Waals surface area contributed by atoms with Crippen molar-refractivity contribution in [2.45, 2.75) is 13.0 Å². The number of hydrogen-bond acceptors (Lipinski definition) is 5. The number of rotatable bonds is 5. The Morgan fingerprint density at radius 1 is 1.10 bits per heavy atom. The number of nitrogens with zero attached hydrogens (tertiary/aromatic N) is 1. The van der Waals surface area contributed by atoms with Gasteiger partial charge in [-0.25, -0.2) is 4.39 Å². The van der Waals surface area contributed by atoms with Gasteiger partial charge >= 0.3 is 0 Å². The number of hydrogen-bond donors (Lipinski definition) is 1. The maximum Gasteiger partial charge on any atom is 0.300 e. The first kappa shape index (κ1) is 19.8. The number of carbonyl (C=O) groups is 2. The van der Waals surface area contributed by atoms with Gasteiger partial charge in [0.2, 0.25) is 0 Å². The highest BCUT2D eigenvalue weighted by Gasteiger charge is 2.47. The van der Waals surface area contributed by atoms with Gasteiger partial charge in [-0.2, -0.15) is 0 Å². The van der Waals surface area contributed by atoms with Crippen molar-refractivity contribution in [2.24, 2.45) is 0 Å². The Balaban J connectivity index is 1.85. The molecule has 1 aromatic heterocycles. The van der Waals surface area contributed by atoms with E-state index in [4.69, 9.17) is 4.74 Å². The summed E-state index contributed by atoms with van der Waals surface area (Å²) in [5.74, 6) is -1.64. The van der Waals surface area contributed by atoms with Crippen LogP contribution in [0.4, 0.5) is 10.1 Å². The Labute approximate surface area is 176 Å². The predicted molar refractivity (Wildman–Crippen MR) is 113 cm³/mol. The van der Waals surface area contributed by atoms with Crippen LogP contribution in [0.1, 0.15) is 23.4 Å². The number of Topliss-reactive ketones (excluding diaryl/α,β-unsaturated/α-hetero) is 1. The fraction of sp³-hybridized carbons (Fsp3) is 0.130. The largest absolute Gasteiger partial charge is 0.507 e. The second-order valence-electron chi connectivity index (χ2n) is 6.62. The average Bonchev–Trinajstić information content (AvgIpc) is 3.36. The van der Waals surface area contributed by atoms with E-state index in [2.05, 4.69) is 0 Å². The van der Waals surface area contributed by atoms with Crippen LogP contribution in [0.25, 0.3) is 5.76 Å². The maximum absolute atomic E-state index is 13.4. The lowest BCUT2D eigenvalue weighted by Gasteiger charge is -2.24. The number of benzene rings is 2. The molecule has 1 aliphatic heterocycles. The first-order chi connectivity index (χ1) is 14.5. The van der Waals surface area contributed by atoms with Crippen LogP contribution >= 0.6 is 11.3 Å². The van der Waals surface area contributed by atoms with Crippen LogP contribution in [0.3, 0.4) is 0 Å². The summed E-state index contributed by atoms with van der Waals surface area (Å²) in [6.45, 7) is 2.37. The van der Waals surface area contributed by atoms with Gasteiger partial charge in [0.25, 0.3) is 11.7 Å². The zero-order chi connectivity index (χ0) is 21.3. The lowest BCUT2D eigenvalue weighted by atomic mass is 9.99. The molecule has 1 amide bonds. The second-order valence-corrected chi connectivity index (χ2v) is 7.60. The molecule has 1 aliphatic rings. The third-order valence-corrected chi connectivity index (χ3v) is 5.73. The Morgan fingerprint density at radius 3 is 2.40 bits per heavy atom. The van der Waals surface area contributed by atoms with Gasteiger partial charge in [-0.3, -0.25) is 14.5 Å². The molecule has 0 spiro atoms. The molecule has 0 saturated carbocycles. The number of aliphatic hydroxyl groups is 1. The van der Waals surface area contributed by atoms with Crippen molar-refractivity contribution in [2.75, 3.05) is 11.5 Å². The molecule has 2 heterocycles. The smallest absolute Gasteiger partial charge is 0.300 e. The lowest BCUT2D eigenvalue weighted by molar-refractivity contribution is -0.132. The Bertz CT molecular complexity index is 1110. The maximum atomic E-state index is 13.4. The number of carbonyl (C=O) groups excluding carboxylic acids is 2. The van der Waals surface area contributed by atoms with Crippen molar-refractivity contribution in [3.63, 3.8) is 0 Å². The molecule has 1 N–H and O–H groups in total. The third kappa shape index (κ3) is 3.48. The summed E-state index contributed by atoms with van der Waals surface area (Å²) in [4.78, 5) is 27.9. The first-order valence-electron chi connectivity index (χ1n) is 9.34. The van der Waals surface area contributed by atoms with Crippen molar-refractivity contribution < 1.29 is 23.8 Å². The minimum atomic E-state index is -0.804. The minimum Gasteiger partial charge on any atom is -0.507 e. The number of ether oxygens (including phenoxy) is 1. The van der Waals surface area contributed by atoms with Gasteiger partial charge in [0.1, 0.15) is 23.4 Å². The Kier molecular flexibility index (Phi) is 5.37. The van der Waals surface area contributed by atoms with E-state index in [9.17, 15) is 19.1 Å². The highest BCUT2D eigenvalue weighted by atomic mass is 32.1. The molecule has 4 rings (SSSR count). The molecule has 3 aromatic rings. The molecule has 1 atom stereocenters. The fourth-order valence-corrected chi connectivity index (χ4v) is 4.27. The van der Waals surface area contributed by atoms with E-state index in [-0.39, 0.29) is 11.3 Å². The number of halogens is 1. The van der Waals surface area contributed by atoms with Gasteiger partial charge in [-0.1, -0.05) is 6.07 Å². The number of aliphatic hydroxyl groups excluding tert-OH is 1. The van der Waals surface area contributed by atoms with Crippen molar-refractivity contribution in [3.05, 3.63) is 87.9 Å². The SMILES string of the molecule is CCOc1ccc(/C(O)=C2/C(=O)C(=O)N(c3ccc(F)cc3)C2c2cccs2)cc1. The van der Waals surface area contributed by atoms with Crippen LogP contribution in [-0.4, -0.2) is 23.4 Å². The van der Waals surface area contributed by atoms with Gasteiger partial charge in [0.05, 0.1) is 12.2 Å². The molecule has 152 valence electrons. The van der Waals surface area contributed by atoms with Crippen LogP contribution in [0, 0.1) is 5.82 Å². The van der Waals surface area contributed by atoms with E-state index in [0.29, 0.717) is 28.5 Å². The normalized spacial score (nSPS) is 18.1. The van der Waals surface area contributed by atoms with Crippen LogP contribution in [0.2, 0.25) is 0 Å². The summed E-state index contributed by atoms with van der Waals surface area (Å²) in [5.41, 5.74) is 0.774. The first-order valence-corrected chi connectivity index (χ1v) is 10.2. The van der Waals surface area contributed by atoms with E-state index in [1.807, 2.05) is 18.4 Å². The molecule has 2 aromatic carbocycles. The molecule has 30 heavy (non-hydrogen) atoms. The van der Waals surface area contributed by atoms with Crippen molar-refractivity contribution >= 4 is 34.5 Å². The number of amides is 1. The van der Waals surface area contributed by atoms with E-state index in [0.717, 1.165) is 0 Å². The van der Waals surface area contributed by atoms with Crippen LogP contribution in [0.5, 0.6) is 5.75 Å². The molecule has 7 heteroatoms. The molecule has 5 nitrogen and oxygen atoms in total. The van der Waals surface area contributed by atoms with E-state index in [1.54, 1.807) is 30.3 Å². The average molecular weight is 423 g/mol. The van der Waals surface area contributed by atoms with Gasteiger partial charge < -0.3 is 9.84 Å². The highest BCUT2D eigenvalue weighted by Crippen LogP contribution is 2.43. The predicted octanol–water partition coefficient (Wildman–Crippen LogP) is 4.91. The van der Waals surface area contributed by atoms with Crippen molar-refractivity contribution in [1.29, 1.82) is 0 Å². The quantitative estimate of drug-likeness (QED) is 0.360. The number of anilines is 1. The molecular weight excluding hydrogens is 405 g/mol. The highest BCUT2D eigenvalue weighted by molar-refractivity contribution is 7.10. The van der Waals surface area contributed by atoms with Gasteiger partial charge in [-0.15, -0.1) is 11.3 Å². The molecule has 1 fully saturated rings. The van der Waals surface area contributed by atoms with Crippen LogP contribution in [0.15, 0.2) is 71.6 Å². The van der Waals surface area contributed by atoms with Crippen LogP contribution < -0.4 is 9.64 Å². The fourth-order valence-electron chi connectivity index (χ4n) is 3.45. The summed E-state index contributed by atoms with van der Waals surface area (Å²) in [6.07, 6.45) is 0. The number of thiophene rings is 1. The van der Waals surface area contributed by atoms with Gasteiger partial charge in [0.15, 0.2) is 0 Å². The topological polar surface area (TPSA) is 66.8 Å². The van der Waals surface area contributed by atoms with Crippen LogP contribution in [-0.2, 0) is 9.59 Å². The Hall–Kier alpha value is -3.45. The second kappa shape index (κ2) is 8.12. The zero-order valence-electron chi connectivity index (χ0n) is 16.0. The van der Waals surface area contributed by atoms with E-state index < -0.39 is 23.5 Å². The summed E-state index contributed by atoms with van der Waals surface area (Å²) < 4.78 is 18.8. The molecule has 0 bridgehead atoms. The third-order valence-electron chi connectivity index (χ3n) is 4.80. The summed E-state index contributed by atoms with van der Waals surface area (Å²) in [7, 11) is 0. The number of ketones is 1. The van der Waals surface area contributed by atoms with Gasteiger partial charge in [0, 0.05) is 16.1 Å². The van der Waals surface area contributed by atoms with Crippen molar-refractivity contribution in [3.8, 4) is 5.75 Å². The minimum absolute atomic E-state index is 0.00376. The molecule has 0 aliphatic carbocycles. The summed E-state index contributed by atoms with van der Waals surface area (Å²) in [6, 6.07) is 14.8. The Morgan fingerprint density at radius 2 is 1.80 bits per heavy atom. The molecule has 0 radical (unpaired) electrons. The lowest BCUT2D eigenvalue weighted by Crippen LogP contribution is -2.29. The standard InChI is InChI=1S/C23H18FNO4S/c1-2-29-17-11-5-14(6-12-17)21(26)19-20(18-4-3-13-30-18)25(23(28)22(19)27)16-9-7-15(24)8-10-16/h3-13,20,26H,2H2,1H3/b21-19-. The van der Waals surface area contributed by atoms with Crippen molar-refractivity contribution in [1.82, 2.24) is 0 Å². The monoisotopic (exact) mass is 423 g/mol.